The number of nitrogens with zero attached hydrogens (tertiary/aromatic N) is 2. The molecule has 0 amide bonds. The zero-order valence-corrected chi connectivity index (χ0v) is 10.8. The smallest absolute Gasteiger partial charge is 0.376 e. The molecule has 0 radical (unpaired) electrons. The van der Waals surface area contributed by atoms with E-state index in [1.165, 1.54) is 7.11 Å². The first-order chi connectivity index (χ1) is 8.06. The topological polar surface area (TPSA) is 64.1 Å². The van der Waals surface area contributed by atoms with E-state index < -0.39 is 5.97 Å². The fourth-order valence-electron chi connectivity index (χ4n) is 1.47. The molecule has 0 unspecified atom stereocenters. The van der Waals surface area contributed by atoms with E-state index in [0.717, 1.165) is 18.7 Å². The Balaban J connectivity index is 3.04. The number of carbonyl (C=O) groups is 1. The first-order valence-corrected chi connectivity index (χ1v) is 5.77. The van der Waals surface area contributed by atoms with Gasteiger partial charge in [-0.25, -0.2) is 14.8 Å². The lowest BCUT2D eigenvalue weighted by atomic mass is 10.1. The van der Waals surface area contributed by atoms with Crippen molar-refractivity contribution in [2.45, 2.75) is 27.2 Å². The molecule has 1 aromatic heterocycles. The second-order valence-corrected chi connectivity index (χ2v) is 4.19. The fourth-order valence-corrected chi connectivity index (χ4v) is 1.47. The van der Waals surface area contributed by atoms with E-state index in [-0.39, 0.29) is 5.82 Å². The zero-order chi connectivity index (χ0) is 12.8. The van der Waals surface area contributed by atoms with Crippen molar-refractivity contribution >= 4 is 11.8 Å². The Labute approximate surface area is 102 Å². The minimum absolute atomic E-state index is 0.113. The van der Waals surface area contributed by atoms with Crippen LogP contribution in [0.1, 0.15) is 37.1 Å². The Hall–Kier alpha value is -1.65. The number of hydrogen-bond acceptors (Lipinski definition) is 5. The monoisotopic (exact) mass is 237 g/mol. The molecule has 5 nitrogen and oxygen atoms in total. The van der Waals surface area contributed by atoms with E-state index in [1.54, 1.807) is 0 Å². The molecule has 94 valence electrons. The van der Waals surface area contributed by atoms with E-state index in [1.807, 2.05) is 13.0 Å². The number of aromatic nitrogens is 2. The normalized spacial score (nSPS) is 10.4. The Morgan fingerprint density at radius 1 is 1.47 bits per heavy atom. The summed E-state index contributed by atoms with van der Waals surface area (Å²) in [5.74, 6) is 0.750. The molecule has 1 heterocycles. The predicted molar refractivity (Wildman–Crippen MR) is 66.1 cm³/mol. The standard InChI is InChI=1S/C12H19N3O2/c1-5-13-10-7-9(6-8(2)3)14-11(15-10)12(16)17-4/h7-8H,5-6H2,1-4H3,(H,13,14,15). The Morgan fingerprint density at radius 3 is 2.71 bits per heavy atom. The first kappa shape index (κ1) is 13.4. The van der Waals surface area contributed by atoms with Crippen molar-refractivity contribution in [3.05, 3.63) is 17.6 Å². The van der Waals surface area contributed by atoms with Crippen LogP contribution in [0.5, 0.6) is 0 Å². The highest BCUT2D eigenvalue weighted by atomic mass is 16.5. The van der Waals surface area contributed by atoms with Crippen molar-refractivity contribution < 1.29 is 9.53 Å². The average Bonchev–Trinajstić information content (AvgIpc) is 2.27. The van der Waals surface area contributed by atoms with E-state index in [2.05, 4.69) is 33.9 Å². The van der Waals surface area contributed by atoms with Gasteiger partial charge in [0.05, 0.1) is 7.11 Å². The van der Waals surface area contributed by atoms with Gasteiger partial charge in [0.2, 0.25) is 5.82 Å². The number of carbonyl (C=O) groups excluding carboxylic acids is 1. The molecule has 0 spiro atoms. The minimum atomic E-state index is -0.505. The van der Waals surface area contributed by atoms with Crippen molar-refractivity contribution in [2.75, 3.05) is 19.0 Å². The van der Waals surface area contributed by atoms with Crippen molar-refractivity contribution in [1.82, 2.24) is 9.97 Å². The van der Waals surface area contributed by atoms with Gasteiger partial charge in [0, 0.05) is 18.3 Å². The summed E-state index contributed by atoms with van der Waals surface area (Å²) < 4.78 is 4.64. The number of rotatable bonds is 5. The van der Waals surface area contributed by atoms with Gasteiger partial charge in [0.15, 0.2) is 0 Å². The summed E-state index contributed by atoms with van der Waals surface area (Å²) in [6, 6.07) is 1.87. The summed E-state index contributed by atoms with van der Waals surface area (Å²) in [5, 5.41) is 3.08. The molecule has 0 fully saturated rings. The minimum Gasteiger partial charge on any atom is -0.463 e. The summed E-state index contributed by atoms with van der Waals surface area (Å²) in [4.78, 5) is 19.7. The highest BCUT2D eigenvalue weighted by Crippen LogP contribution is 2.11. The number of ether oxygens (including phenoxy) is 1. The third-order valence-electron chi connectivity index (χ3n) is 2.12. The van der Waals surface area contributed by atoms with Crippen LogP contribution in [0, 0.1) is 5.92 Å². The van der Waals surface area contributed by atoms with Gasteiger partial charge in [0.25, 0.3) is 0 Å². The van der Waals surface area contributed by atoms with Crippen LogP contribution in [-0.2, 0) is 11.2 Å². The molecule has 0 aliphatic carbocycles. The summed E-state index contributed by atoms with van der Waals surface area (Å²) in [7, 11) is 1.33. The molecule has 17 heavy (non-hydrogen) atoms. The molecule has 0 aromatic carbocycles. The van der Waals surface area contributed by atoms with Crippen molar-refractivity contribution in [1.29, 1.82) is 0 Å². The molecule has 0 saturated heterocycles. The van der Waals surface area contributed by atoms with Gasteiger partial charge >= 0.3 is 5.97 Å². The molecule has 1 rings (SSSR count). The number of methoxy groups -OCH3 is 1. The summed E-state index contributed by atoms with van der Waals surface area (Å²) in [6.07, 6.45) is 0.810. The van der Waals surface area contributed by atoms with Crippen molar-refractivity contribution in [3.8, 4) is 0 Å². The van der Waals surface area contributed by atoms with Crippen LogP contribution in [0.3, 0.4) is 0 Å². The molecule has 0 bridgehead atoms. The van der Waals surface area contributed by atoms with E-state index in [0.29, 0.717) is 11.7 Å². The lowest BCUT2D eigenvalue weighted by Crippen LogP contribution is -2.13. The molecular weight excluding hydrogens is 218 g/mol. The summed E-state index contributed by atoms with van der Waals surface area (Å²) >= 11 is 0. The predicted octanol–water partition coefficient (Wildman–Crippen LogP) is 1.89. The lowest BCUT2D eigenvalue weighted by molar-refractivity contribution is 0.0586. The van der Waals surface area contributed by atoms with Crippen LogP contribution >= 0.6 is 0 Å². The van der Waals surface area contributed by atoms with Crippen LogP contribution in [0.15, 0.2) is 6.07 Å². The average molecular weight is 237 g/mol. The van der Waals surface area contributed by atoms with Gasteiger partial charge in [-0.15, -0.1) is 0 Å². The molecule has 1 aromatic rings. The van der Waals surface area contributed by atoms with Gasteiger partial charge in [-0.1, -0.05) is 13.8 Å². The number of nitrogens with one attached hydrogen (secondary N) is 1. The third kappa shape index (κ3) is 4.01. The summed E-state index contributed by atoms with van der Waals surface area (Å²) in [6.45, 7) is 6.93. The summed E-state index contributed by atoms with van der Waals surface area (Å²) in [5.41, 5.74) is 0.853. The maximum Gasteiger partial charge on any atom is 0.376 e. The maximum absolute atomic E-state index is 11.4. The SMILES string of the molecule is CCNc1cc(CC(C)C)nc(C(=O)OC)n1. The largest absolute Gasteiger partial charge is 0.463 e. The Bertz CT molecular complexity index is 391. The van der Waals surface area contributed by atoms with Crippen molar-refractivity contribution in [3.63, 3.8) is 0 Å². The first-order valence-electron chi connectivity index (χ1n) is 5.77. The molecule has 0 aliphatic rings. The lowest BCUT2D eigenvalue weighted by Gasteiger charge is -2.09. The third-order valence-corrected chi connectivity index (χ3v) is 2.12. The quantitative estimate of drug-likeness (QED) is 0.792. The second kappa shape index (κ2) is 6.18. The Morgan fingerprint density at radius 2 is 2.18 bits per heavy atom. The van der Waals surface area contributed by atoms with Gasteiger partial charge in [-0.2, -0.15) is 0 Å². The molecule has 0 atom stereocenters. The molecule has 5 heteroatoms. The maximum atomic E-state index is 11.4. The molecular formula is C12H19N3O2. The van der Waals surface area contributed by atoms with Crippen LogP contribution < -0.4 is 5.32 Å². The van der Waals surface area contributed by atoms with Gasteiger partial charge < -0.3 is 10.1 Å². The van der Waals surface area contributed by atoms with E-state index >= 15 is 0 Å². The zero-order valence-electron chi connectivity index (χ0n) is 10.8. The highest BCUT2D eigenvalue weighted by molar-refractivity contribution is 5.85. The van der Waals surface area contributed by atoms with Gasteiger partial charge in [-0.3, -0.25) is 0 Å². The number of esters is 1. The van der Waals surface area contributed by atoms with E-state index in [9.17, 15) is 4.79 Å². The van der Waals surface area contributed by atoms with E-state index in [4.69, 9.17) is 0 Å². The fraction of sp³-hybridized carbons (Fsp3) is 0.583. The second-order valence-electron chi connectivity index (χ2n) is 4.19. The van der Waals surface area contributed by atoms with Crippen LogP contribution in [0.4, 0.5) is 5.82 Å². The Kier molecular flexibility index (Phi) is 4.87. The molecule has 1 N–H and O–H groups in total. The van der Waals surface area contributed by atoms with Crippen LogP contribution in [-0.4, -0.2) is 29.6 Å². The van der Waals surface area contributed by atoms with Crippen LogP contribution in [0.2, 0.25) is 0 Å². The van der Waals surface area contributed by atoms with Crippen molar-refractivity contribution in [2.24, 2.45) is 5.92 Å². The highest BCUT2D eigenvalue weighted by Gasteiger charge is 2.13. The van der Waals surface area contributed by atoms with Gasteiger partial charge in [0.1, 0.15) is 5.82 Å². The molecule has 0 saturated carbocycles. The number of anilines is 1. The van der Waals surface area contributed by atoms with Crippen LogP contribution in [0.25, 0.3) is 0 Å². The number of hydrogen-bond donors (Lipinski definition) is 1. The van der Waals surface area contributed by atoms with Gasteiger partial charge in [-0.05, 0) is 19.3 Å². The molecule has 0 aliphatic heterocycles.